The summed E-state index contributed by atoms with van der Waals surface area (Å²) < 4.78 is 28.7. The van der Waals surface area contributed by atoms with E-state index in [0.717, 1.165) is 0 Å². The second-order valence-corrected chi connectivity index (χ2v) is 5.20. The Bertz CT molecular complexity index is 783. The minimum atomic E-state index is -0.369. The summed E-state index contributed by atoms with van der Waals surface area (Å²) in [5.41, 5.74) is 7.74. The van der Waals surface area contributed by atoms with Crippen LogP contribution < -0.4 is 5.73 Å². The van der Waals surface area contributed by atoms with Gasteiger partial charge in [-0.05, 0) is 52.9 Å². The van der Waals surface area contributed by atoms with Crippen LogP contribution in [-0.4, -0.2) is 9.55 Å². The lowest BCUT2D eigenvalue weighted by Crippen LogP contribution is -2.02. The number of imidazole rings is 1. The van der Waals surface area contributed by atoms with Gasteiger partial charge in [0.25, 0.3) is 0 Å². The van der Waals surface area contributed by atoms with Crippen molar-refractivity contribution < 1.29 is 8.78 Å². The molecule has 0 aliphatic heterocycles. The van der Waals surface area contributed by atoms with E-state index >= 15 is 0 Å². The van der Waals surface area contributed by atoms with Crippen LogP contribution in [0.2, 0.25) is 0 Å². The second kappa shape index (κ2) is 4.44. The molecule has 0 unspecified atom stereocenters. The molecule has 2 aromatic carbocycles. The fourth-order valence-corrected chi connectivity index (χ4v) is 2.71. The van der Waals surface area contributed by atoms with Gasteiger partial charge in [-0.2, -0.15) is 0 Å². The van der Waals surface area contributed by atoms with Gasteiger partial charge in [0.2, 0.25) is 5.95 Å². The van der Waals surface area contributed by atoms with Crippen molar-refractivity contribution >= 4 is 39.6 Å². The Morgan fingerprint density at radius 1 is 1.05 bits per heavy atom. The van der Waals surface area contributed by atoms with Gasteiger partial charge in [0.05, 0.1) is 16.7 Å². The molecule has 0 amide bonds. The molecular formula is C13H8F2IN3. The SMILES string of the molecule is Nc1nc2cc(F)ccc2n1-c1ccc(F)cc1I. The van der Waals surface area contributed by atoms with E-state index in [1.54, 1.807) is 16.7 Å². The molecule has 3 nitrogen and oxygen atoms in total. The number of hydrogen-bond donors (Lipinski definition) is 1. The van der Waals surface area contributed by atoms with E-state index in [1.807, 2.05) is 22.6 Å². The standard InChI is InChI=1S/C13H8F2IN3/c14-7-1-3-11(9(16)5-7)19-12-4-2-8(15)6-10(12)18-13(19)17/h1-6H,(H2,17,18). The van der Waals surface area contributed by atoms with E-state index in [-0.39, 0.29) is 17.6 Å². The van der Waals surface area contributed by atoms with Gasteiger partial charge in [-0.25, -0.2) is 13.8 Å². The molecule has 0 aliphatic carbocycles. The molecule has 6 heteroatoms. The molecule has 2 N–H and O–H groups in total. The van der Waals surface area contributed by atoms with Gasteiger partial charge < -0.3 is 5.73 Å². The highest BCUT2D eigenvalue weighted by Gasteiger charge is 2.13. The van der Waals surface area contributed by atoms with Crippen LogP contribution in [0.15, 0.2) is 36.4 Å². The number of aromatic nitrogens is 2. The first-order valence-electron chi connectivity index (χ1n) is 5.45. The van der Waals surface area contributed by atoms with Gasteiger partial charge in [0.15, 0.2) is 0 Å². The van der Waals surface area contributed by atoms with Crippen molar-refractivity contribution in [3.8, 4) is 5.69 Å². The van der Waals surface area contributed by atoms with Crippen molar-refractivity contribution in [1.82, 2.24) is 9.55 Å². The molecule has 0 fully saturated rings. The number of hydrogen-bond acceptors (Lipinski definition) is 2. The van der Waals surface area contributed by atoms with Crippen LogP contribution in [-0.2, 0) is 0 Å². The third-order valence-corrected chi connectivity index (χ3v) is 3.66. The number of nitrogens with zero attached hydrogens (tertiary/aromatic N) is 2. The molecule has 0 bridgehead atoms. The number of benzene rings is 2. The van der Waals surface area contributed by atoms with Crippen LogP contribution >= 0.6 is 22.6 Å². The Morgan fingerprint density at radius 2 is 1.74 bits per heavy atom. The quantitative estimate of drug-likeness (QED) is 0.666. The van der Waals surface area contributed by atoms with Crippen molar-refractivity contribution in [2.24, 2.45) is 0 Å². The molecule has 96 valence electrons. The fourth-order valence-electron chi connectivity index (χ4n) is 1.99. The summed E-state index contributed by atoms with van der Waals surface area (Å²) >= 11 is 2.02. The fraction of sp³-hybridized carbons (Fsp3) is 0. The third-order valence-electron chi connectivity index (χ3n) is 2.79. The zero-order valence-corrected chi connectivity index (χ0v) is 11.7. The first kappa shape index (κ1) is 12.3. The molecule has 0 saturated carbocycles. The molecule has 0 radical (unpaired) electrons. The molecular weight excluding hydrogens is 363 g/mol. The Balaban J connectivity index is 2.33. The van der Waals surface area contributed by atoms with Gasteiger partial charge in [-0.1, -0.05) is 0 Å². The van der Waals surface area contributed by atoms with Gasteiger partial charge in [-0.3, -0.25) is 4.57 Å². The number of halogens is 3. The number of fused-ring (bicyclic) bond motifs is 1. The van der Waals surface area contributed by atoms with Crippen molar-refractivity contribution in [3.63, 3.8) is 0 Å². The van der Waals surface area contributed by atoms with Crippen molar-refractivity contribution in [1.29, 1.82) is 0 Å². The minimum absolute atomic E-state index is 0.241. The topological polar surface area (TPSA) is 43.8 Å². The van der Waals surface area contributed by atoms with Crippen molar-refractivity contribution in [2.75, 3.05) is 5.73 Å². The van der Waals surface area contributed by atoms with Gasteiger partial charge in [0.1, 0.15) is 11.6 Å². The molecule has 0 atom stereocenters. The normalized spacial score (nSPS) is 11.1. The van der Waals surface area contributed by atoms with E-state index < -0.39 is 0 Å². The Labute approximate surface area is 121 Å². The molecule has 0 saturated heterocycles. The molecule has 3 aromatic rings. The second-order valence-electron chi connectivity index (χ2n) is 4.03. The van der Waals surface area contributed by atoms with Gasteiger partial charge in [0, 0.05) is 9.64 Å². The highest BCUT2D eigenvalue weighted by atomic mass is 127. The van der Waals surface area contributed by atoms with E-state index in [1.165, 1.54) is 24.3 Å². The van der Waals surface area contributed by atoms with Crippen LogP contribution in [0.5, 0.6) is 0 Å². The van der Waals surface area contributed by atoms with Crippen molar-refractivity contribution in [3.05, 3.63) is 51.6 Å². The predicted molar refractivity (Wildman–Crippen MR) is 78.1 cm³/mol. The van der Waals surface area contributed by atoms with Crippen LogP contribution in [0.1, 0.15) is 0 Å². The molecule has 3 rings (SSSR count). The van der Waals surface area contributed by atoms with Gasteiger partial charge in [-0.15, -0.1) is 0 Å². The highest BCUT2D eigenvalue weighted by molar-refractivity contribution is 14.1. The van der Waals surface area contributed by atoms with E-state index in [2.05, 4.69) is 4.98 Å². The number of nitrogens with two attached hydrogens (primary N) is 1. The summed E-state index contributed by atoms with van der Waals surface area (Å²) in [6.07, 6.45) is 0. The smallest absolute Gasteiger partial charge is 0.205 e. The maximum absolute atomic E-state index is 13.2. The highest BCUT2D eigenvalue weighted by Crippen LogP contribution is 2.27. The number of anilines is 1. The number of rotatable bonds is 1. The molecule has 1 aromatic heterocycles. The first-order chi connectivity index (χ1) is 9.06. The summed E-state index contributed by atoms with van der Waals surface area (Å²) in [5.74, 6) is -0.446. The van der Waals surface area contributed by atoms with E-state index in [9.17, 15) is 8.78 Å². The monoisotopic (exact) mass is 371 g/mol. The van der Waals surface area contributed by atoms with E-state index in [4.69, 9.17) is 5.73 Å². The first-order valence-corrected chi connectivity index (χ1v) is 6.53. The molecule has 0 aliphatic rings. The summed E-state index contributed by atoms with van der Waals surface area (Å²) in [6, 6.07) is 8.65. The zero-order chi connectivity index (χ0) is 13.6. The van der Waals surface area contributed by atoms with Crippen molar-refractivity contribution in [2.45, 2.75) is 0 Å². The van der Waals surface area contributed by atoms with Crippen LogP contribution in [0, 0.1) is 15.2 Å². The summed E-state index contributed by atoms with van der Waals surface area (Å²) in [4.78, 5) is 4.12. The lowest BCUT2D eigenvalue weighted by Gasteiger charge is -2.08. The average Bonchev–Trinajstić information content (AvgIpc) is 2.65. The van der Waals surface area contributed by atoms with Crippen LogP contribution in [0.25, 0.3) is 16.7 Å². The van der Waals surface area contributed by atoms with E-state index in [0.29, 0.717) is 20.3 Å². The lowest BCUT2D eigenvalue weighted by molar-refractivity contribution is 0.626. The minimum Gasteiger partial charge on any atom is -0.369 e. The third kappa shape index (κ3) is 2.05. The predicted octanol–water partition coefficient (Wildman–Crippen LogP) is 3.49. The molecule has 1 heterocycles. The van der Waals surface area contributed by atoms with Gasteiger partial charge >= 0.3 is 0 Å². The Hall–Kier alpha value is -1.70. The van der Waals surface area contributed by atoms with Crippen LogP contribution in [0.3, 0.4) is 0 Å². The Morgan fingerprint density at radius 3 is 2.47 bits per heavy atom. The average molecular weight is 371 g/mol. The summed E-state index contributed by atoms with van der Waals surface area (Å²) in [6.45, 7) is 0. The zero-order valence-electron chi connectivity index (χ0n) is 9.57. The maximum Gasteiger partial charge on any atom is 0.205 e. The summed E-state index contributed by atoms with van der Waals surface area (Å²) in [7, 11) is 0. The largest absolute Gasteiger partial charge is 0.369 e. The maximum atomic E-state index is 13.2. The molecule has 0 spiro atoms. The Kier molecular flexibility index (Phi) is 2.89. The lowest BCUT2D eigenvalue weighted by atomic mass is 10.2. The van der Waals surface area contributed by atoms with Crippen LogP contribution in [0.4, 0.5) is 14.7 Å². The summed E-state index contributed by atoms with van der Waals surface area (Å²) in [5, 5.41) is 0. The molecule has 19 heavy (non-hydrogen) atoms. The number of nitrogen functional groups attached to an aromatic ring is 1.